The highest BCUT2D eigenvalue weighted by molar-refractivity contribution is 5.95. The van der Waals surface area contributed by atoms with Crippen molar-refractivity contribution in [3.63, 3.8) is 0 Å². The number of nitro benzene ring substituents is 1. The summed E-state index contributed by atoms with van der Waals surface area (Å²) < 4.78 is 0. The Bertz CT molecular complexity index is 510. The number of nitro groups is 1. The summed E-state index contributed by atoms with van der Waals surface area (Å²) in [5.41, 5.74) is 1.12. The molecule has 0 spiro atoms. The average molecular weight is 277 g/mol. The lowest BCUT2D eigenvalue weighted by atomic mass is 10.1. The number of rotatable bonds is 5. The summed E-state index contributed by atoms with van der Waals surface area (Å²) in [6.45, 7) is 3.38. The van der Waals surface area contributed by atoms with Crippen molar-refractivity contribution in [3.05, 3.63) is 39.4 Å². The predicted molar refractivity (Wildman–Crippen MR) is 75.8 cm³/mol. The van der Waals surface area contributed by atoms with Crippen LogP contribution in [0.5, 0.6) is 0 Å². The van der Waals surface area contributed by atoms with E-state index in [0.717, 1.165) is 19.4 Å². The first-order valence-electron chi connectivity index (χ1n) is 6.84. The van der Waals surface area contributed by atoms with E-state index in [9.17, 15) is 14.9 Å². The number of carbonyl (C=O) groups is 1. The highest BCUT2D eigenvalue weighted by atomic mass is 16.6. The molecule has 6 nitrogen and oxygen atoms in total. The fourth-order valence-corrected chi connectivity index (χ4v) is 2.47. The zero-order chi connectivity index (χ0) is 14.5. The molecule has 1 fully saturated rings. The minimum atomic E-state index is -0.458. The van der Waals surface area contributed by atoms with Crippen LogP contribution in [-0.4, -0.2) is 30.0 Å². The third-order valence-electron chi connectivity index (χ3n) is 3.61. The van der Waals surface area contributed by atoms with Crippen molar-refractivity contribution in [2.75, 3.05) is 13.1 Å². The molecule has 2 N–H and O–H groups in total. The number of nitrogens with one attached hydrogen (secondary N) is 2. The zero-order valence-corrected chi connectivity index (χ0v) is 11.5. The van der Waals surface area contributed by atoms with E-state index in [1.54, 1.807) is 6.92 Å². The maximum absolute atomic E-state index is 12.0. The second kappa shape index (κ2) is 6.47. The Morgan fingerprint density at radius 3 is 2.95 bits per heavy atom. The summed E-state index contributed by atoms with van der Waals surface area (Å²) in [7, 11) is 0. The number of aryl methyl sites for hydroxylation is 1. The maximum Gasteiger partial charge on any atom is 0.269 e. The fourth-order valence-electron chi connectivity index (χ4n) is 2.47. The smallest absolute Gasteiger partial charge is 0.269 e. The molecule has 0 bridgehead atoms. The van der Waals surface area contributed by atoms with Crippen LogP contribution >= 0.6 is 0 Å². The van der Waals surface area contributed by atoms with Gasteiger partial charge in [0.05, 0.1) is 4.92 Å². The lowest BCUT2D eigenvalue weighted by Gasteiger charge is -2.11. The molecular weight excluding hydrogens is 258 g/mol. The molecule has 20 heavy (non-hydrogen) atoms. The first kappa shape index (κ1) is 14.5. The molecule has 1 amide bonds. The fraction of sp³-hybridized carbons (Fsp3) is 0.500. The van der Waals surface area contributed by atoms with E-state index in [0.29, 0.717) is 23.7 Å². The molecule has 0 aromatic heterocycles. The van der Waals surface area contributed by atoms with Crippen molar-refractivity contribution in [1.82, 2.24) is 10.6 Å². The van der Waals surface area contributed by atoms with Gasteiger partial charge in [-0.2, -0.15) is 0 Å². The van der Waals surface area contributed by atoms with Gasteiger partial charge in [-0.25, -0.2) is 0 Å². The predicted octanol–water partition coefficient (Wildman–Crippen LogP) is 1.78. The Hall–Kier alpha value is -1.95. The van der Waals surface area contributed by atoms with Crippen molar-refractivity contribution in [2.24, 2.45) is 0 Å². The van der Waals surface area contributed by atoms with Crippen LogP contribution in [0.4, 0.5) is 5.69 Å². The first-order valence-corrected chi connectivity index (χ1v) is 6.84. The summed E-state index contributed by atoms with van der Waals surface area (Å²) in [5.74, 6) is -0.171. The average Bonchev–Trinajstić information content (AvgIpc) is 2.91. The third kappa shape index (κ3) is 3.54. The van der Waals surface area contributed by atoms with E-state index in [1.807, 2.05) is 0 Å². The first-order chi connectivity index (χ1) is 9.58. The number of non-ortho nitro benzene ring substituents is 1. The molecule has 1 heterocycles. The van der Waals surface area contributed by atoms with Gasteiger partial charge in [-0.15, -0.1) is 0 Å². The zero-order valence-electron chi connectivity index (χ0n) is 11.5. The van der Waals surface area contributed by atoms with Gasteiger partial charge in [-0.1, -0.05) is 0 Å². The van der Waals surface area contributed by atoms with E-state index < -0.39 is 4.92 Å². The van der Waals surface area contributed by atoms with E-state index in [-0.39, 0.29) is 11.6 Å². The van der Waals surface area contributed by atoms with Crippen molar-refractivity contribution in [2.45, 2.75) is 32.2 Å². The monoisotopic (exact) mass is 277 g/mol. The molecule has 1 saturated heterocycles. The third-order valence-corrected chi connectivity index (χ3v) is 3.61. The Morgan fingerprint density at radius 1 is 1.55 bits per heavy atom. The standard InChI is InChI=1S/C14H19N3O3/c1-10-9-12(17(19)20)4-5-13(10)14(18)16-8-6-11-3-2-7-15-11/h4-5,9,11,15H,2-3,6-8H2,1H3,(H,16,18)/t11-/m1/s1. The highest BCUT2D eigenvalue weighted by Crippen LogP contribution is 2.17. The van der Waals surface area contributed by atoms with Crippen LogP contribution in [0.15, 0.2) is 18.2 Å². The SMILES string of the molecule is Cc1cc([N+](=O)[O-])ccc1C(=O)NCC[C@H]1CCCN1. The molecule has 1 aliphatic rings. The van der Waals surface area contributed by atoms with E-state index >= 15 is 0 Å². The quantitative estimate of drug-likeness (QED) is 0.634. The molecule has 108 valence electrons. The summed E-state index contributed by atoms with van der Waals surface area (Å²) >= 11 is 0. The minimum absolute atomic E-state index is 0.00852. The van der Waals surface area contributed by atoms with Gasteiger partial charge < -0.3 is 10.6 Å². The van der Waals surface area contributed by atoms with Gasteiger partial charge >= 0.3 is 0 Å². The van der Waals surface area contributed by atoms with Gasteiger partial charge in [0.2, 0.25) is 0 Å². The molecule has 0 radical (unpaired) electrons. The Kier molecular flexibility index (Phi) is 4.68. The van der Waals surface area contributed by atoms with Gasteiger partial charge in [0.1, 0.15) is 0 Å². The summed E-state index contributed by atoms with van der Waals surface area (Å²) in [5, 5.41) is 16.9. The van der Waals surface area contributed by atoms with Crippen LogP contribution in [0.25, 0.3) is 0 Å². The molecule has 1 aliphatic heterocycles. The molecule has 0 saturated carbocycles. The molecule has 0 unspecified atom stereocenters. The van der Waals surface area contributed by atoms with Crippen LogP contribution in [-0.2, 0) is 0 Å². The van der Waals surface area contributed by atoms with Gasteiger partial charge in [-0.3, -0.25) is 14.9 Å². The number of amides is 1. The summed E-state index contributed by atoms with van der Waals surface area (Å²) in [4.78, 5) is 22.2. The molecule has 6 heteroatoms. The van der Waals surface area contributed by atoms with Crippen LogP contribution in [0.3, 0.4) is 0 Å². The summed E-state index contributed by atoms with van der Waals surface area (Å²) in [6, 6.07) is 4.79. The largest absolute Gasteiger partial charge is 0.352 e. The molecule has 1 atom stereocenters. The molecule has 1 aromatic rings. The van der Waals surface area contributed by atoms with Gasteiger partial charge in [0, 0.05) is 30.3 Å². The topological polar surface area (TPSA) is 84.3 Å². The minimum Gasteiger partial charge on any atom is -0.352 e. The second-order valence-electron chi connectivity index (χ2n) is 5.09. The van der Waals surface area contributed by atoms with Crippen molar-refractivity contribution in [3.8, 4) is 0 Å². The normalized spacial score (nSPS) is 17.9. The second-order valence-corrected chi connectivity index (χ2v) is 5.09. The van der Waals surface area contributed by atoms with Gasteiger partial charge in [0.15, 0.2) is 0 Å². The van der Waals surface area contributed by atoms with Crippen molar-refractivity contribution < 1.29 is 9.72 Å². The Labute approximate surface area is 117 Å². The number of hydrogen-bond donors (Lipinski definition) is 2. The molecule has 2 rings (SSSR count). The van der Waals surface area contributed by atoms with Crippen LogP contribution < -0.4 is 10.6 Å². The van der Waals surface area contributed by atoms with Gasteiger partial charge in [0.25, 0.3) is 11.6 Å². The number of nitrogens with zero attached hydrogens (tertiary/aromatic N) is 1. The van der Waals surface area contributed by atoms with Crippen molar-refractivity contribution in [1.29, 1.82) is 0 Å². The van der Waals surface area contributed by atoms with E-state index in [1.165, 1.54) is 24.6 Å². The Balaban J connectivity index is 1.89. The van der Waals surface area contributed by atoms with E-state index in [4.69, 9.17) is 0 Å². The maximum atomic E-state index is 12.0. The summed E-state index contributed by atoms with van der Waals surface area (Å²) in [6.07, 6.45) is 3.27. The number of benzene rings is 1. The molecular formula is C14H19N3O3. The van der Waals surface area contributed by atoms with Crippen LogP contribution in [0.1, 0.15) is 35.2 Å². The highest BCUT2D eigenvalue weighted by Gasteiger charge is 2.16. The number of carbonyl (C=O) groups excluding carboxylic acids is 1. The van der Waals surface area contributed by atoms with E-state index in [2.05, 4.69) is 10.6 Å². The van der Waals surface area contributed by atoms with Gasteiger partial charge in [-0.05, 0) is 44.4 Å². The number of hydrogen-bond acceptors (Lipinski definition) is 4. The molecule has 1 aromatic carbocycles. The van der Waals surface area contributed by atoms with Crippen molar-refractivity contribution >= 4 is 11.6 Å². The lowest BCUT2D eigenvalue weighted by molar-refractivity contribution is -0.384. The van der Waals surface area contributed by atoms with Crippen LogP contribution in [0, 0.1) is 17.0 Å². The Morgan fingerprint density at radius 2 is 2.35 bits per heavy atom. The lowest BCUT2D eigenvalue weighted by Crippen LogP contribution is -2.30. The van der Waals surface area contributed by atoms with Crippen LogP contribution in [0.2, 0.25) is 0 Å². The molecule has 0 aliphatic carbocycles.